The quantitative estimate of drug-likeness (QED) is 0.720. The predicted octanol–water partition coefficient (Wildman–Crippen LogP) is 1.16. The van der Waals surface area contributed by atoms with Crippen molar-refractivity contribution in [2.24, 2.45) is 11.7 Å². The first-order valence-electron chi connectivity index (χ1n) is 3.79. The van der Waals surface area contributed by atoms with E-state index in [0.717, 1.165) is 0 Å². The monoisotopic (exact) mass is 201 g/mol. The molecule has 12 heavy (non-hydrogen) atoms. The lowest BCUT2D eigenvalue weighted by Crippen LogP contribution is -2.38. The molecule has 0 aromatic heterocycles. The molecule has 1 unspecified atom stereocenters. The Bertz CT molecular complexity index is 137. The third kappa shape index (κ3) is 3.21. The van der Waals surface area contributed by atoms with Crippen molar-refractivity contribution in [3.63, 3.8) is 0 Å². The topological polar surface area (TPSA) is 46.2 Å². The van der Waals surface area contributed by atoms with E-state index >= 15 is 0 Å². The number of aliphatic hydroxyl groups excluding tert-OH is 1. The van der Waals surface area contributed by atoms with Crippen molar-refractivity contribution in [3.05, 3.63) is 0 Å². The summed E-state index contributed by atoms with van der Waals surface area (Å²) in [6.45, 7) is 0.169. The molecule has 0 spiro atoms. The minimum absolute atomic E-state index is 0. The first-order chi connectivity index (χ1) is 5.03. The lowest BCUT2D eigenvalue weighted by molar-refractivity contribution is -0.118. The lowest BCUT2D eigenvalue weighted by Gasteiger charge is -2.35. The Morgan fingerprint density at radius 1 is 1.50 bits per heavy atom. The molecule has 1 atom stereocenters. The first kappa shape index (κ1) is 12.1. The molecular weight excluding hydrogens is 188 g/mol. The minimum Gasteiger partial charge on any atom is -0.392 e. The molecule has 1 aliphatic rings. The summed E-state index contributed by atoms with van der Waals surface area (Å²) in [6.07, 6.45) is -0.337. The molecule has 2 nitrogen and oxygen atoms in total. The van der Waals surface area contributed by atoms with Gasteiger partial charge < -0.3 is 10.8 Å². The van der Waals surface area contributed by atoms with E-state index < -0.39 is 12.0 Å². The van der Waals surface area contributed by atoms with Crippen molar-refractivity contribution in [2.75, 3.05) is 6.54 Å². The normalized spacial score (nSPS) is 24.0. The number of nitrogens with two attached hydrogens (primary N) is 1. The summed E-state index contributed by atoms with van der Waals surface area (Å²) in [5.74, 6) is -2.50. The Kier molecular flexibility index (Phi) is 4.37. The summed E-state index contributed by atoms with van der Waals surface area (Å²) in [6, 6.07) is 0. The summed E-state index contributed by atoms with van der Waals surface area (Å²) in [7, 11) is 0. The zero-order valence-corrected chi connectivity index (χ0v) is 7.49. The molecule has 0 radical (unpaired) electrons. The molecule has 0 saturated heterocycles. The van der Waals surface area contributed by atoms with E-state index in [-0.39, 0.29) is 37.7 Å². The van der Waals surface area contributed by atoms with Gasteiger partial charge in [0.05, 0.1) is 6.10 Å². The largest absolute Gasteiger partial charge is 0.392 e. The second kappa shape index (κ2) is 4.35. The SMILES string of the molecule is Cl.NCC(O)CC1CC(F)(F)C1. The number of aliphatic hydroxyl groups is 1. The van der Waals surface area contributed by atoms with Crippen LogP contribution in [0.15, 0.2) is 0 Å². The fourth-order valence-electron chi connectivity index (χ4n) is 1.43. The highest BCUT2D eigenvalue weighted by Crippen LogP contribution is 2.44. The van der Waals surface area contributed by atoms with E-state index in [2.05, 4.69) is 0 Å². The van der Waals surface area contributed by atoms with Gasteiger partial charge in [-0.2, -0.15) is 0 Å². The Balaban J connectivity index is 0.00000121. The number of hydrogen-bond acceptors (Lipinski definition) is 2. The van der Waals surface area contributed by atoms with Crippen molar-refractivity contribution in [3.8, 4) is 0 Å². The molecule has 1 rings (SSSR count). The van der Waals surface area contributed by atoms with Crippen LogP contribution in [0.4, 0.5) is 8.78 Å². The van der Waals surface area contributed by atoms with Gasteiger partial charge in [-0.05, 0) is 12.3 Å². The van der Waals surface area contributed by atoms with Crippen LogP contribution in [-0.4, -0.2) is 23.7 Å². The molecule has 1 saturated carbocycles. The van der Waals surface area contributed by atoms with Crippen LogP contribution in [0.2, 0.25) is 0 Å². The van der Waals surface area contributed by atoms with E-state index in [0.29, 0.717) is 6.42 Å². The average Bonchev–Trinajstić information content (AvgIpc) is 1.83. The predicted molar refractivity (Wildman–Crippen MR) is 44.6 cm³/mol. The van der Waals surface area contributed by atoms with Gasteiger partial charge in [-0.25, -0.2) is 8.78 Å². The Morgan fingerprint density at radius 2 is 2.00 bits per heavy atom. The van der Waals surface area contributed by atoms with E-state index in [1.165, 1.54) is 0 Å². The van der Waals surface area contributed by atoms with Gasteiger partial charge in [0.25, 0.3) is 0 Å². The third-order valence-corrected chi connectivity index (χ3v) is 2.05. The highest BCUT2D eigenvalue weighted by Gasteiger charge is 2.45. The Labute approximate surface area is 76.5 Å². The van der Waals surface area contributed by atoms with E-state index in [1.54, 1.807) is 0 Å². The smallest absolute Gasteiger partial charge is 0.248 e. The maximum Gasteiger partial charge on any atom is 0.248 e. The Morgan fingerprint density at radius 3 is 2.33 bits per heavy atom. The summed E-state index contributed by atoms with van der Waals surface area (Å²) in [5.41, 5.74) is 5.13. The van der Waals surface area contributed by atoms with Gasteiger partial charge in [-0.15, -0.1) is 12.4 Å². The van der Waals surface area contributed by atoms with Crippen LogP contribution >= 0.6 is 12.4 Å². The van der Waals surface area contributed by atoms with Gasteiger partial charge in [-0.3, -0.25) is 0 Å². The molecule has 0 aliphatic heterocycles. The molecule has 0 bridgehead atoms. The maximum absolute atomic E-state index is 12.2. The molecule has 5 heteroatoms. The van der Waals surface area contributed by atoms with Crippen LogP contribution in [0.3, 0.4) is 0 Å². The van der Waals surface area contributed by atoms with Crippen LogP contribution in [-0.2, 0) is 0 Å². The average molecular weight is 202 g/mol. The van der Waals surface area contributed by atoms with Gasteiger partial charge in [0.15, 0.2) is 0 Å². The van der Waals surface area contributed by atoms with Crippen molar-refractivity contribution < 1.29 is 13.9 Å². The number of halogens is 3. The van der Waals surface area contributed by atoms with E-state index in [4.69, 9.17) is 10.8 Å². The zero-order chi connectivity index (χ0) is 8.48. The molecule has 1 aliphatic carbocycles. The standard InChI is InChI=1S/C7H13F2NO.ClH/c8-7(9)2-5(3-7)1-6(11)4-10;/h5-6,11H,1-4,10H2;1H. The van der Waals surface area contributed by atoms with Crippen LogP contribution in [0.1, 0.15) is 19.3 Å². The molecule has 0 aromatic rings. The van der Waals surface area contributed by atoms with Crippen LogP contribution in [0, 0.1) is 5.92 Å². The van der Waals surface area contributed by atoms with Crippen LogP contribution in [0.5, 0.6) is 0 Å². The second-order valence-electron chi connectivity index (χ2n) is 3.26. The fraction of sp³-hybridized carbons (Fsp3) is 1.00. The summed E-state index contributed by atoms with van der Waals surface area (Å²) in [4.78, 5) is 0. The van der Waals surface area contributed by atoms with Crippen LogP contribution < -0.4 is 5.73 Å². The molecule has 1 fully saturated rings. The van der Waals surface area contributed by atoms with Crippen molar-refractivity contribution in [2.45, 2.75) is 31.3 Å². The number of hydrogen-bond donors (Lipinski definition) is 2. The first-order valence-corrected chi connectivity index (χ1v) is 3.79. The summed E-state index contributed by atoms with van der Waals surface area (Å²) in [5, 5.41) is 8.99. The number of rotatable bonds is 3. The minimum atomic E-state index is -2.47. The zero-order valence-electron chi connectivity index (χ0n) is 6.67. The molecule has 0 amide bonds. The Hall–Kier alpha value is 0.0700. The molecule has 74 valence electrons. The van der Waals surface area contributed by atoms with Gasteiger partial charge in [-0.1, -0.05) is 0 Å². The highest BCUT2D eigenvalue weighted by molar-refractivity contribution is 5.85. The fourth-order valence-corrected chi connectivity index (χ4v) is 1.43. The lowest BCUT2D eigenvalue weighted by atomic mass is 9.78. The van der Waals surface area contributed by atoms with E-state index in [1.807, 2.05) is 0 Å². The highest BCUT2D eigenvalue weighted by atomic mass is 35.5. The molecule has 0 aromatic carbocycles. The molecule has 0 heterocycles. The summed E-state index contributed by atoms with van der Waals surface area (Å²) >= 11 is 0. The van der Waals surface area contributed by atoms with Gasteiger partial charge >= 0.3 is 0 Å². The van der Waals surface area contributed by atoms with Crippen molar-refractivity contribution >= 4 is 12.4 Å². The van der Waals surface area contributed by atoms with Gasteiger partial charge in [0.1, 0.15) is 0 Å². The molecular formula is C7H14ClF2NO. The maximum atomic E-state index is 12.2. The molecule has 3 N–H and O–H groups in total. The number of alkyl halides is 2. The van der Waals surface area contributed by atoms with E-state index in [9.17, 15) is 8.78 Å². The second-order valence-corrected chi connectivity index (χ2v) is 3.26. The van der Waals surface area contributed by atoms with Gasteiger partial charge in [0.2, 0.25) is 5.92 Å². The van der Waals surface area contributed by atoms with Crippen LogP contribution in [0.25, 0.3) is 0 Å². The van der Waals surface area contributed by atoms with Crippen molar-refractivity contribution in [1.82, 2.24) is 0 Å². The van der Waals surface area contributed by atoms with Gasteiger partial charge in [0, 0.05) is 19.4 Å². The third-order valence-electron chi connectivity index (χ3n) is 2.05. The van der Waals surface area contributed by atoms with Crippen molar-refractivity contribution in [1.29, 1.82) is 0 Å². The summed E-state index contributed by atoms with van der Waals surface area (Å²) < 4.78 is 24.5.